The van der Waals surface area contributed by atoms with Crippen LogP contribution in [0.3, 0.4) is 0 Å². The van der Waals surface area contributed by atoms with Gasteiger partial charge in [-0.25, -0.2) is 0 Å². The van der Waals surface area contributed by atoms with Gasteiger partial charge in [-0.05, 0) is 38.9 Å². The Morgan fingerprint density at radius 1 is 1.47 bits per heavy atom. The van der Waals surface area contributed by atoms with Crippen LogP contribution in [0.5, 0.6) is 0 Å². The number of hydrogen-bond donors (Lipinski definition) is 0. The number of Topliss-reactive ketones (excluding diaryl/α,β-unsaturated/α-hetero) is 1. The number of ketones is 1. The van der Waals surface area contributed by atoms with Crippen molar-refractivity contribution in [3.8, 4) is 0 Å². The first-order chi connectivity index (χ1) is 8.20. The molecule has 0 atom stereocenters. The third-order valence-electron chi connectivity index (χ3n) is 3.21. The summed E-state index contributed by atoms with van der Waals surface area (Å²) in [6.07, 6.45) is 3.88. The number of aldehydes is 1. The molecular weight excluding hydrogens is 234 g/mol. The normalized spacial score (nSPS) is 16.3. The third kappa shape index (κ3) is 3.01. The van der Waals surface area contributed by atoms with Gasteiger partial charge in [0.1, 0.15) is 0 Å². The second-order valence-electron chi connectivity index (χ2n) is 4.46. The van der Waals surface area contributed by atoms with Crippen molar-refractivity contribution in [3.63, 3.8) is 0 Å². The summed E-state index contributed by atoms with van der Waals surface area (Å²) in [5.74, 6) is 0.166. The molecule has 1 aromatic rings. The molecular formula is C13H17NO2S. The molecule has 0 aliphatic carbocycles. The lowest BCUT2D eigenvalue weighted by Gasteiger charge is -2.13. The SMILES string of the molecule is Cc1sc(C=O)cc1C(=O)CCN1CCCC1. The zero-order valence-corrected chi connectivity index (χ0v) is 10.9. The lowest BCUT2D eigenvalue weighted by molar-refractivity contribution is 0.0969. The summed E-state index contributed by atoms with van der Waals surface area (Å²) in [5, 5.41) is 0. The molecule has 0 aromatic carbocycles. The molecule has 4 heteroatoms. The van der Waals surface area contributed by atoms with Gasteiger partial charge in [0.05, 0.1) is 4.88 Å². The highest BCUT2D eigenvalue weighted by atomic mass is 32.1. The number of thiophene rings is 1. The smallest absolute Gasteiger partial charge is 0.165 e. The summed E-state index contributed by atoms with van der Waals surface area (Å²) in [5.41, 5.74) is 0.733. The maximum absolute atomic E-state index is 12.0. The van der Waals surface area contributed by atoms with Gasteiger partial charge in [0.25, 0.3) is 0 Å². The summed E-state index contributed by atoms with van der Waals surface area (Å²) in [4.78, 5) is 26.6. The summed E-state index contributed by atoms with van der Waals surface area (Å²) >= 11 is 1.40. The number of aryl methyl sites for hydroxylation is 1. The molecule has 1 fully saturated rings. The monoisotopic (exact) mass is 251 g/mol. The molecule has 1 saturated heterocycles. The Kier molecular flexibility index (Phi) is 4.07. The molecule has 17 heavy (non-hydrogen) atoms. The van der Waals surface area contributed by atoms with Gasteiger partial charge in [0, 0.05) is 23.4 Å². The van der Waals surface area contributed by atoms with Gasteiger partial charge < -0.3 is 4.90 Å². The molecule has 0 unspecified atom stereocenters. The van der Waals surface area contributed by atoms with E-state index in [1.807, 2.05) is 6.92 Å². The van der Waals surface area contributed by atoms with Crippen molar-refractivity contribution in [3.05, 3.63) is 21.4 Å². The van der Waals surface area contributed by atoms with Crippen LogP contribution in [0.1, 0.15) is 44.2 Å². The second kappa shape index (κ2) is 5.56. The van der Waals surface area contributed by atoms with Crippen LogP contribution in [0.25, 0.3) is 0 Å². The highest BCUT2D eigenvalue weighted by Crippen LogP contribution is 2.21. The summed E-state index contributed by atoms with van der Waals surface area (Å²) < 4.78 is 0. The second-order valence-corrected chi connectivity index (χ2v) is 5.75. The van der Waals surface area contributed by atoms with Gasteiger partial charge in [-0.15, -0.1) is 11.3 Å². The highest BCUT2D eigenvalue weighted by Gasteiger charge is 2.16. The van der Waals surface area contributed by atoms with Crippen molar-refractivity contribution in [2.24, 2.45) is 0 Å². The molecule has 1 aromatic heterocycles. The average Bonchev–Trinajstić information content (AvgIpc) is 2.94. The standard InChI is InChI=1S/C13H17NO2S/c1-10-12(8-11(9-15)17-10)13(16)4-7-14-5-2-3-6-14/h8-9H,2-7H2,1H3. The minimum absolute atomic E-state index is 0.166. The maximum atomic E-state index is 12.0. The molecule has 0 radical (unpaired) electrons. The van der Waals surface area contributed by atoms with Gasteiger partial charge in [-0.2, -0.15) is 0 Å². The van der Waals surface area contributed by atoms with Crippen LogP contribution in [-0.4, -0.2) is 36.6 Å². The molecule has 0 spiro atoms. The first-order valence-corrected chi connectivity index (χ1v) is 6.83. The van der Waals surface area contributed by atoms with Crippen LogP contribution >= 0.6 is 11.3 Å². The molecule has 92 valence electrons. The third-order valence-corrected chi connectivity index (χ3v) is 4.18. The minimum atomic E-state index is 0.166. The van der Waals surface area contributed by atoms with Crippen molar-refractivity contribution in [2.75, 3.05) is 19.6 Å². The number of hydrogen-bond acceptors (Lipinski definition) is 4. The first-order valence-electron chi connectivity index (χ1n) is 6.02. The van der Waals surface area contributed by atoms with E-state index in [-0.39, 0.29) is 5.78 Å². The molecule has 0 bridgehead atoms. The number of rotatable bonds is 5. The molecule has 2 rings (SSSR count). The lowest BCUT2D eigenvalue weighted by atomic mass is 10.1. The van der Waals surface area contributed by atoms with Crippen LogP contribution in [-0.2, 0) is 0 Å². The van der Waals surface area contributed by atoms with E-state index in [4.69, 9.17) is 0 Å². The van der Waals surface area contributed by atoms with Crippen molar-refractivity contribution in [1.29, 1.82) is 0 Å². The van der Waals surface area contributed by atoms with Crippen molar-refractivity contribution in [1.82, 2.24) is 4.90 Å². The molecule has 1 aliphatic rings. The average molecular weight is 251 g/mol. The Hall–Kier alpha value is -1.00. The van der Waals surface area contributed by atoms with Gasteiger partial charge in [0.2, 0.25) is 0 Å². The van der Waals surface area contributed by atoms with Crippen LogP contribution in [0.4, 0.5) is 0 Å². The van der Waals surface area contributed by atoms with Crippen LogP contribution in [0.2, 0.25) is 0 Å². The summed E-state index contributed by atoms with van der Waals surface area (Å²) in [7, 11) is 0. The predicted octanol–water partition coefficient (Wildman–Crippen LogP) is 2.54. The van der Waals surface area contributed by atoms with Crippen LogP contribution in [0, 0.1) is 6.92 Å². The van der Waals surface area contributed by atoms with Crippen molar-refractivity contribution < 1.29 is 9.59 Å². The number of carbonyl (C=O) groups is 2. The maximum Gasteiger partial charge on any atom is 0.165 e. The molecule has 3 nitrogen and oxygen atoms in total. The fourth-order valence-electron chi connectivity index (χ4n) is 2.24. The molecule has 1 aliphatic heterocycles. The Labute approximate surface area is 105 Å². The molecule has 0 saturated carbocycles. The van der Waals surface area contributed by atoms with E-state index in [2.05, 4.69) is 4.90 Å². The predicted molar refractivity (Wildman–Crippen MR) is 69.1 cm³/mol. The number of nitrogens with zero attached hydrogens (tertiary/aromatic N) is 1. The van der Waals surface area contributed by atoms with Gasteiger partial charge in [0.15, 0.2) is 12.1 Å². The van der Waals surface area contributed by atoms with E-state index in [0.717, 1.165) is 36.4 Å². The topological polar surface area (TPSA) is 37.4 Å². The van der Waals surface area contributed by atoms with Gasteiger partial charge >= 0.3 is 0 Å². The molecule has 2 heterocycles. The quantitative estimate of drug-likeness (QED) is 0.596. The minimum Gasteiger partial charge on any atom is -0.303 e. The lowest BCUT2D eigenvalue weighted by Crippen LogP contribution is -2.22. The highest BCUT2D eigenvalue weighted by molar-refractivity contribution is 7.13. The fraction of sp³-hybridized carbons (Fsp3) is 0.538. The fourth-order valence-corrected chi connectivity index (χ4v) is 3.10. The Morgan fingerprint density at radius 3 is 2.76 bits per heavy atom. The van der Waals surface area contributed by atoms with E-state index in [1.165, 1.54) is 24.2 Å². The Bertz CT molecular complexity index is 419. The van der Waals surface area contributed by atoms with E-state index in [9.17, 15) is 9.59 Å². The largest absolute Gasteiger partial charge is 0.303 e. The summed E-state index contributed by atoms with van der Waals surface area (Å²) in [6.45, 7) is 5.00. The summed E-state index contributed by atoms with van der Waals surface area (Å²) in [6, 6.07) is 1.72. The van der Waals surface area contributed by atoms with E-state index in [0.29, 0.717) is 11.3 Å². The van der Waals surface area contributed by atoms with Crippen LogP contribution < -0.4 is 0 Å². The van der Waals surface area contributed by atoms with Gasteiger partial charge in [-0.3, -0.25) is 9.59 Å². The van der Waals surface area contributed by atoms with Crippen LogP contribution in [0.15, 0.2) is 6.07 Å². The number of likely N-dealkylation sites (tertiary alicyclic amines) is 1. The van der Waals surface area contributed by atoms with Crippen molar-refractivity contribution >= 4 is 23.4 Å². The number of carbonyl (C=O) groups excluding carboxylic acids is 2. The Morgan fingerprint density at radius 2 is 2.18 bits per heavy atom. The molecule has 0 amide bonds. The zero-order chi connectivity index (χ0) is 12.3. The zero-order valence-electron chi connectivity index (χ0n) is 10.1. The van der Waals surface area contributed by atoms with E-state index < -0.39 is 0 Å². The van der Waals surface area contributed by atoms with Crippen molar-refractivity contribution in [2.45, 2.75) is 26.2 Å². The molecule has 0 N–H and O–H groups in total. The van der Waals surface area contributed by atoms with Gasteiger partial charge in [-0.1, -0.05) is 0 Å². The van der Waals surface area contributed by atoms with E-state index >= 15 is 0 Å². The van der Waals surface area contributed by atoms with E-state index in [1.54, 1.807) is 6.07 Å². The Balaban J connectivity index is 1.93. The first kappa shape index (κ1) is 12.5.